The number of aliphatic carboxylic acids is 1. The van der Waals surface area contributed by atoms with Gasteiger partial charge in [-0.25, -0.2) is 4.98 Å². The quantitative estimate of drug-likeness (QED) is 0.806. The van der Waals surface area contributed by atoms with Gasteiger partial charge in [0.05, 0.1) is 23.4 Å². The zero-order chi connectivity index (χ0) is 15.2. The van der Waals surface area contributed by atoms with Gasteiger partial charge in [-0.1, -0.05) is 30.3 Å². The van der Waals surface area contributed by atoms with E-state index in [2.05, 4.69) is 4.98 Å². The number of hydrogen-bond donors (Lipinski definition) is 2. The van der Waals surface area contributed by atoms with Gasteiger partial charge in [0.2, 0.25) is 0 Å². The molecule has 1 aromatic carbocycles. The largest absolute Gasteiger partial charge is 0.550 e. The summed E-state index contributed by atoms with van der Waals surface area (Å²) in [6.45, 7) is 0. The Kier molecular flexibility index (Phi) is 5.03. The minimum Gasteiger partial charge on any atom is -0.550 e. The first-order valence-corrected chi connectivity index (χ1v) is 6.64. The highest BCUT2D eigenvalue weighted by Crippen LogP contribution is 2.13. The molecule has 2 aromatic rings. The van der Waals surface area contributed by atoms with Gasteiger partial charge in [-0.2, -0.15) is 0 Å². The van der Waals surface area contributed by atoms with Crippen LogP contribution in [0.1, 0.15) is 18.5 Å². The van der Waals surface area contributed by atoms with Crippen molar-refractivity contribution >= 4 is 22.9 Å². The van der Waals surface area contributed by atoms with Crippen molar-refractivity contribution in [2.45, 2.75) is 25.0 Å². The second-order valence-corrected chi connectivity index (χ2v) is 4.82. The number of carbonyl (C=O) groups is 1. The van der Waals surface area contributed by atoms with E-state index in [0.29, 0.717) is 5.69 Å². The number of rotatable bonds is 6. The van der Waals surface area contributed by atoms with E-state index in [0.717, 1.165) is 10.9 Å². The van der Waals surface area contributed by atoms with E-state index in [-0.39, 0.29) is 6.42 Å². The summed E-state index contributed by atoms with van der Waals surface area (Å²) < 4.78 is 0. The molecule has 1 aromatic heterocycles. The number of aromatic nitrogens is 1. The van der Waals surface area contributed by atoms with E-state index in [1.807, 2.05) is 36.4 Å². The number of fused-ring (bicyclic) bond motifs is 1. The molecular weight excluding hydrogens is 270 g/mol. The third-order valence-electron chi connectivity index (χ3n) is 3.02. The molecular formula is C16H16NO4-. The fraction of sp³-hybridized carbons (Fsp3) is 0.250. The molecule has 0 saturated heterocycles. The zero-order valence-electron chi connectivity index (χ0n) is 11.3. The van der Waals surface area contributed by atoms with Crippen LogP contribution in [0.5, 0.6) is 0 Å². The molecule has 2 N–H and O–H groups in total. The summed E-state index contributed by atoms with van der Waals surface area (Å²) in [5, 5.41) is 30.5. The number of carbonyl (C=O) groups excluding carboxylic acids is 1. The molecule has 5 heteroatoms. The smallest absolute Gasteiger partial charge is 0.0749 e. The van der Waals surface area contributed by atoms with Crippen molar-refractivity contribution in [1.82, 2.24) is 4.98 Å². The Morgan fingerprint density at radius 1 is 1.24 bits per heavy atom. The Morgan fingerprint density at radius 2 is 2.00 bits per heavy atom. The van der Waals surface area contributed by atoms with E-state index in [1.165, 1.54) is 6.08 Å². The number of aliphatic hydroxyl groups is 2. The van der Waals surface area contributed by atoms with Crippen LogP contribution in [0.4, 0.5) is 0 Å². The summed E-state index contributed by atoms with van der Waals surface area (Å²) in [7, 11) is 0. The van der Waals surface area contributed by atoms with Gasteiger partial charge in [-0.3, -0.25) is 0 Å². The van der Waals surface area contributed by atoms with Crippen LogP contribution < -0.4 is 5.11 Å². The van der Waals surface area contributed by atoms with Crippen molar-refractivity contribution in [3.63, 3.8) is 0 Å². The Balaban J connectivity index is 2.00. The number of carboxylic acid groups (broad SMARTS) is 1. The Hall–Kier alpha value is -2.24. The minimum absolute atomic E-state index is 0.0575. The van der Waals surface area contributed by atoms with E-state index in [9.17, 15) is 20.1 Å². The summed E-state index contributed by atoms with van der Waals surface area (Å²) in [5.74, 6) is -1.34. The summed E-state index contributed by atoms with van der Waals surface area (Å²) in [5.41, 5.74) is 1.54. The van der Waals surface area contributed by atoms with Crippen LogP contribution in [0.3, 0.4) is 0 Å². The fourth-order valence-corrected chi connectivity index (χ4v) is 2.02. The van der Waals surface area contributed by atoms with E-state index in [4.69, 9.17) is 0 Å². The molecule has 2 rings (SSSR count). The topological polar surface area (TPSA) is 93.5 Å². The number of pyridine rings is 1. The van der Waals surface area contributed by atoms with Crippen LogP contribution in [-0.2, 0) is 4.79 Å². The predicted molar refractivity (Wildman–Crippen MR) is 77.0 cm³/mol. The standard InChI is InChI=1S/C16H17NO4/c18-13(9-14(19)10-16(20)21)8-7-12-6-5-11-3-1-2-4-15(11)17-12/h1-8,13-14,18-19H,9-10H2,(H,20,21)/p-1/b8-7+. The van der Waals surface area contributed by atoms with Crippen LogP contribution in [0.2, 0.25) is 0 Å². The lowest BCUT2D eigenvalue weighted by molar-refractivity contribution is -0.307. The third-order valence-corrected chi connectivity index (χ3v) is 3.02. The maximum atomic E-state index is 10.3. The molecule has 0 aliphatic rings. The highest BCUT2D eigenvalue weighted by atomic mass is 16.4. The molecule has 2 atom stereocenters. The van der Waals surface area contributed by atoms with Gasteiger partial charge in [0.15, 0.2) is 0 Å². The van der Waals surface area contributed by atoms with Crippen molar-refractivity contribution < 1.29 is 20.1 Å². The number of aliphatic hydroxyl groups excluding tert-OH is 2. The lowest BCUT2D eigenvalue weighted by Gasteiger charge is -2.13. The molecule has 1 heterocycles. The summed E-state index contributed by atoms with van der Waals surface area (Å²) in [4.78, 5) is 14.7. The first-order valence-electron chi connectivity index (χ1n) is 6.64. The van der Waals surface area contributed by atoms with Crippen molar-refractivity contribution in [3.8, 4) is 0 Å². The molecule has 110 valence electrons. The minimum atomic E-state index is -1.34. The molecule has 0 aliphatic heterocycles. The number of carboxylic acids is 1. The van der Waals surface area contributed by atoms with Crippen molar-refractivity contribution in [3.05, 3.63) is 48.2 Å². The van der Waals surface area contributed by atoms with E-state index in [1.54, 1.807) is 6.08 Å². The van der Waals surface area contributed by atoms with Crippen LogP contribution >= 0.6 is 0 Å². The number of nitrogens with zero attached hydrogens (tertiary/aromatic N) is 1. The van der Waals surface area contributed by atoms with Crippen molar-refractivity contribution in [2.75, 3.05) is 0 Å². The number of hydrogen-bond acceptors (Lipinski definition) is 5. The normalized spacial score (nSPS) is 14.4. The molecule has 0 saturated carbocycles. The maximum absolute atomic E-state index is 10.3. The average molecular weight is 286 g/mol. The van der Waals surface area contributed by atoms with Crippen LogP contribution in [0.15, 0.2) is 42.5 Å². The van der Waals surface area contributed by atoms with Crippen LogP contribution in [-0.4, -0.2) is 33.4 Å². The Bertz CT molecular complexity index is 654. The monoisotopic (exact) mass is 286 g/mol. The predicted octanol–water partition coefficient (Wildman–Crippen LogP) is 0.500. The second-order valence-electron chi connectivity index (χ2n) is 4.82. The number of para-hydroxylation sites is 1. The van der Waals surface area contributed by atoms with E-state index < -0.39 is 24.6 Å². The number of benzene rings is 1. The summed E-state index contributed by atoms with van der Waals surface area (Å²) in [6.07, 6.45) is 0.516. The summed E-state index contributed by atoms with van der Waals surface area (Å²) in [6, 6.07) is 11.4. The molecule has 2 unspecified atom stereocenters. The van der Waals surface area contributed by atoms with Gasteiger partial charge in [0.25, 0.3) is 0 Å². The van der Waals surface area contributed by atoms with Crippen LogP contribution in [0.25, 0.3) is 17.0 Å². The average Bonchev–Trinajstić information content (AvgIpc) is 2.44. The van der Waals surface area contributed by atoms with Crippen LogP contribution in [0, 0.1) is 0 Å². The zero-order valence-corrected chi connectivity index (χ0v) is 11.3. The Morgan fingerprint density at radius 3 is 2.76 bits per heavy atom. The highest BCUT2D eigenvalue weighted by molar-refractivity contribution is 5.79. The molecule has 21 heavy (non-hydrogen) atoms. The van der Waals surface area contributed by atoms with Gasteiger partial charge in [0.1, 0.15) is 0 Å². The molecule has 0 bridgehead atoms. The van der Waals surface area contributed by atoms with Gasteiger partial charge >= 0.3 is 0 Å². The fourth-order valence-electron chi connectivity index (χ4n) is 2.02. The van der Waals surface area contributed by atoms with Gasteiger partial charge in [-0.05, 0) is 18.2 Å². The molecule has 0 radical (unpaired) electrons. The molecule has 5 nitrogen and oxygen atoms in total. The molecule has 0 fully saturated rings. The second kappa shape index (κ2) is 6.97. The first-order chi connectivity index (χ1) is 10.0. The maximum Gasteiger partial charge on any atom is 0.0749 e. The van der Waals surface area contributed by atoms with Gasteiger partial charge < -0.3 is 20.1 Å². The molecule has 0 aliphatic carbocycles. The summed E-state index contributed by atoms with van der Waals surface area (Å²) >= 11 is 0. The highest BCUT2D eigenvalue weighted by Gasteiger charge is 2.09. The molecule has 0 amide bonds. The Labute approximate surface area is 122 Å². The van der Waals surface area contributed by atoms with Gasteiger partial charge in [-0.15, -0.1) is 0 Å². The van der Waals surface area contributed by atoms with E-state index >= 15 is 0 Å². The molecule has 0 spiro atoms. The van der Waals surface area contributed by atoms with Crippen molar-refractivity contribution in [2.24, 2.45) is 0 Å². The lowest BCUT2D eigenvalue weighted by Crippen LogP contribution is -2.29. The first kappa shape index (κ1) is 15.2. The SMILES string of the molecule is O=C([O-])CC(O)CC(O)/C=C/c1ccc2ccccc2n1. The lowest BCUT2D eigenvalue weighted by atomic mass is 10.1. The third kappa shape index (κ3) is 4.66. The van der Waals surface area contributed by atoms with Gasteiger partial charge in [0, 0.05) is 24.2 Å². The van der Waals surface area contributed by atoms with Crippen molar-refractivity contribution in [1.29, 1.82) is 0 Å².